The van der Waals surface area contributed by atoms with Crippen LogP contribution in [0.3, 0.4) is 0 Å². The van der Waals surface area contributed by atoms with Crippen LogP contribution in [-0.2, 0) is 11.1 Å². The third-order valence-electron chi connectivity index (χ3n) is 1.78. The van der Waals surface area contributed by atoms with Gasteiger partial charge >= 0.3 is 0 Å². The third kappa shape index (κ3) is 3.55. The Balaban J connectivity index is 0.00000144. The minimum Gasteiger partial charge on any atom is -0.302 e. The molecular weight excluding hydrogens is 211 g/mol. The summed E-state index contributed by atoms with van der Waals surface area (Å²) in [5, 5.41) is 0. The first-order valence-corrected chi connectivity index (χ1v) is 4.81. The van der Waals surface area contributed by atoms with Gasteiger partial charge in [0, 0.05) is 51.4 Å². The zero-order chi connectivity index (χ0) is 9.30. The monoisotopic (exact) mass is 223 g/mol. The molecule has 0 heterocycles. The molecule has 1 N–H and O–H groups in total. The second kappa shape index (κ2) is 5.75. The van der Waals surface area contributed by atoms with Gasteiger partial charge in [0.1, 0.15) is 0 Å². The van der Waals surface area contributed by atoms with E-state index in [9.17, 15) is 4.21 Å². The Bertz CT molecular complexity index is 313. The molecule has 1 radical (unpaired) electrons. The van der Waals surface area contributed by atoms with Crippen LogP contribution in [0.25, 0.3) is 0 Å². The van der Waals surface area contributed by atoms with Gasteiger partial charge in [-0.2, -0.15) is 0 Å². The standard InChI is InChI=1S/C9H12O2S.K/c1-6-4-7(2)9(12(10)11)8(3)5-6;/h4-5H,1-3H3,(H,10,11);. The van der Waals surface area contributed by atoms with E-state index in [1.807, 2.05) is 32.9 Å². The summed E-state index contributed by atoms with van der Waals surface area (Å²) in [6.07, 6.45) is 0. The molecule has 0 aromatic heterocycles. The average Bonchev–Trinajstić information content (AvgIpc) is 1.82. The van der Waals surface area contributed by atoms with Gasteiger partial charge in [-0.3, -0.25) is 0 Å². The number of benzene rings is 1. The third-order valence-corrected chi connectivity index (χ3v) is 2.77. The molecule has 1 atom stereocenters. The maximum absolute atomic E-state index is 10.9. The fraction of sp³-hybridized carbons (Fsp3) is 0.333. The Morgan fingerprint density at radius 1 is 1.15 bits per heavy atom. The van der Waals surface area contributed by atoms with Crippen LogP contribution in [0.4, 0.5) is 0 Å². The number of aryl methyl sites for hydroxylation is 3. The zero-order valence-corrected chi connectivity index (χ0v) is 12.4. The SMILES string of the molecule is Cc1cc(C)c(S(=O)O)c(C)c1.[K]. The summed E-state index contributed by atoms with van der Waals surface area (Å²) < 4.78 is 19.8. The van der Waals surface area contributed by atoms with E-state index in [2.05, 4.69) is 0 Å². The predicted octanol–water partition coefficient (Wildman–Crippen LogP) is 1.81. The van der Waals surface area contributed by atoms with Gasteiger partial charge in [0.25, 0.3) is 0 Å². The molecular formula is C9H12KO2S. The van der Waals surface area contributed by atoms with Gasteiger partial charge in [-0.05, 0) is 31.9 Å². The van der Waals surface area contributed by atoms with Gasteiger partial charge in [0.2, 0.25) is 0 Å². The maximum atomic E-state index is 10.9. The molecule has 67 valence electrons. The zero-order valence-electron chi connectivity index (χ0n) is 8.42. The minimum absolute atomic E-state index is 0. The molecule has 1 aromatic rings. The van der Waals surface area contributed by atoms with Crippen LogP contribution in [-0.4, -0.2) is 60.1 Å². The largest absolute Gasteiger partial charge is 0.302 e. The van der Waals surface area contributed by atoms with Crippen molar-refractivity contribution in [2.75, 3.05) is 0 Å². The van der Waals surface area contributed by atoms with Crippen molar-refractivity contribution >= 4 is 62.5 Å². The van der Waals surface area contributed by atoms with Crippen molar-refractivity contribution in [2.24, 2.45) is 0 Å². The molecule has 0 spiro atoms. The molecule has 0 aliphatic rings. The molecule has 0 fully saturated rings. The summed E-state index contributed by atoms with van der Waals surface area (Å²) in [5.74, 6) is 0. The molecule has 4 heteroatoms. The van der Waals surface area contributed by atoms with Crippen LogP contribution in [0, 0.1) is 20.8 Å². The topological polar surface area (TPSA) is 37.3 Å². The van der Waals surface area contributed by atoms with E-state index >= 15 is 0 Å². The molecule has 0 saturated carbocycles. The van der Waals surface area contributed by atoms with Crippen molar-refractivity contribution in [2.45, 2.75) is 25.7 Å². The van der Waals surface area contributed by atoms with Gasteiger partial charge in [0.05, 0.1) is 4.90 Å². The summed E-state index contributed by atoms with van der Waals surface area (Å²) in [7, 11) is 0. The van der Waals surface area contributed by atoms with Gasteiger partial charge in [-0.1, -0.05) is 17.7 Å². The van der Waals surface area contributed by atoms with Gasteiger partial charge in [-0.15, -0.1) is 0 Å². The summed E-state index contributed by atoms with van der Waals surface area (Å²) in [6, 6.07) is 3.83. The van der Waals surface area contributed by atoms with E-state index < -0.39 is 11.1 Å². The van der Waals surface area contributed by atoms with Crippen molar-refractivity contribution < 1.29 is 8.76 Å². The Morgan fingerprint density at radius 3 is 1.85 bits per heavy atom. The van der Waals surface area contributed by atoms with Crippen molar-refractivity contribution in [3.63, 3.8) is 0 Å². The smallest absolute Gasteiger partial charge is 0.187 e. The molecule has 0 amide bonds. The Labute approximate surface area is 124 Å². The van der Waals surface area contributed by atoms with E-state index in [4.69, 9.17) is 4.55 Å². The summed E-state index contributed by atoms with van der Waals surface area (Å²) in [6.45, 7) is 5.68. The fourth-order valence-electron chi connectivity index (χ4n) is 1.44. The summed E-state index contributed by atoms with van der Waals surface area (Å²) in [4.78, 5) is 0.542. The first-order chi connectivity index (χ1) is 5.52. The van der Waals surface area contributed by atoms with Crippen LogP contribution >= 0.6 is 0 Å². The van der Waals surface area contributed by atoms with Crippen LogP contribution in [0.5, 0.6) is 0 Å². The van der Waals surface area contributed by atoms with E-state index in [0.29, 0.717) is 4.90 Å². The normalized spacial score (nSPS) is 12.0. The predicted molar refractivity (Wildman–Crippen MR) is 55.4 cm³/mol. The van der Waals surface area contributed by atoms with Gasteiger partial charge < -0.3 is 4.55 Å². The van der Waals surface area contributed by atoms with Gasteiger partial charge in [-0.25, -0.2) is 4.21 Å². The van der Waals surface area contributed by atoms with Crippen molar-refractivity contribution in [1.29, 1.82) is 0 Å². The molecule has 0 aliphatic heterocycles. The second-order valence-corrected chi connectivity index (χ2v) is 3.88. The quantitative estimate of drug-likeness (QED) is 0.582. The molecule has 2 nitrogen and oxygen atoms in total. The van der Waals surface area contributed by atoms with E-state index in [-0.39, 0.29) is 51.4 Å². The van der Waals surface area contributed by atoms with Crippen LogP contribution < -0.4 is 0 Å². The summed E-state index contributed by atoms with van der Waals surface area (Å²) in [5.41, 5.74) is 2.89. The van der Waals surface area contributed by atoms with Crippen molar-refractivity contribution in [3.05, 3.63) is 28.8 Å². The molecule has 13 heavy (non-hydrogen) atoms. The first kappa shape index (κ1) is 14.0. The Hall–Kier alpha value is 0.966. The van der Waals surface area contributed by atoms with Crippen LogP contribution in [0.2, 0.25) is 0 Å². The average molecular weight is 223 g/mol. The molecule has 1 rings (SSSR count). The van der Waals surface area contributed by atoms with E-state index in [1.54, 1.807) is 0 Å². The first-order valence-electron chi connectivity index (χ1n) is 3.71. The second-order valence-electron chi connectivity index (χ2n) is 2.98. The molecule has 1 unspecified atom stereocenters. The molecule has 0 saturated heterocycles. The van der Waals surface area contributed by atoms with Crippen LogP contribution in [0.1, 0.15) is 16.7 Å². The molecule has 1 aromatic carbocycles. The molecule has 0 aliphatic carbocycles. The summed E-state index contributed by atoms with van der Waals surface area (Å²) >= 11 is -1.86. The molecule has 0 bridgehead atoms. The maximum Gasteiger partial charge on any atom is 0.187 e. The minimum atomic E-state index is -1.86. The number of hydrogen-bond donors (Lipinski definition) is 1. The van der Waals surface area contributed by atoms with E-state index in [0.717, 1.165) is 16.7 Å². The number of rotatable bonds is 1. The number of hydrogen-bond acceptors (Lipinski definition) is 1. The Kier molecular flexibility index (Phi) is 6.18. The fourth-order valence-corrected chi connectivity index (χ4v) is 2.11. The van der Waals surface area contributed by atoms with Gasteiger partial charge in [0.15, 0.2) is 11.1 Å². The van der Waals surface area contributed by atoms with Crippen LogP contribution in [0.15, 0.2) is 17.0 Å². The van der Waals surface area contributed by atoms with Crippen molar-refractivity contribution in [3.8, 4) is 0 Å². The Morgan fingerprint density at radius 2 is 1.54 bits per heavy atom. The van der Waals surface area contributed by atoms with Crippen molar-refractivity contribution in [1.82, 2.24) is 0 Å². The van der Waals surface area contributed by atoms with E-state index in [1.165, 1.54) is 0 Å².